The summed E-state index contributed by atoms with van der Waals surface area (Å²) in [7, 11) is 0. The molecule has 0 heterocycles. The zero-order chi connectivity index (χ0) is 14.1. The van der Waals surface area contributed by atoms with Crippen LogP contribution in [0.15, 0.2) is 24.3 Å². The van der Waals surface area contributed by atoms with E-state index in [0.29, 0.717) is 19.2 Å². The van der Waals surface area contributed by atoms with Crippen molar-refractivity contribution >= 4 is 11.4 Å². The molecule has 0 bridgehead atoms. The predicted molar refractivity (Wildman–Crippen MR) is 81.0 cm³/mol. The van der Waals surface area contributed by atoms with Crippen molar-refractivity contribution in [3.63, 3.8) is 0 Å². The first-order valence-electron chi connectivity index (χ1n) is 7.01. The molecule has 0 aliphatic carbocycles. The van der Waals surface area contributed by atoms with Crippen molar-refractivity contribution < 1.29 is 9.84 Å². The molecule has 4 nitrogen and oxygen atoms in total. The van der Waals surface area contributed by atoms with Crippen LogP contribution in [0.25, 0.3) is 0 Å². The molecule has 1 aromatic rings. The van der Waals surface area contributed by atoms with Gasteiger partial charge >= 0.3 is 0 Å². The van der Waals surface area contributed by atoms with Gasteiger partial charge in [-0.15, -0.1) is 0 Å². The van der Waals surface area contributed by atoms with Gasteiger partial charge in [0.15, 0.2) is 0 Å². The largest absolute Gasteiger partial charge is 0.395 e. The maximum Gasteiger partial charge on any atom is 0.0664 e. The van der Waals surface area contributed by atoms with E-state index >= 15 is 0 Å². The lowest BCUT2D eigenvalue weighted by Crippen LogP contribution is -2.26. The van der Waals surface area contributed by atoms with Crippen molar-refractivity contribution in [1.82, 2.24) is 0 Å². The van der Waals surface area contributed by atoms with Gasteiger partial charge in [0.05, 0.1) is 13.2 Å². The van der Waals surface area contributed by atoms with E-state index in [1.807, 2.05) is 6.92 Å². The highest BCUT2D eigenvalue weighted by molar-refractivity contribution is 5.55. The first kappa shape index (κ1) is 15.8. The van der Waals surface area contributed by atoms with Gasteiger partial charge in [-0.1, -0.05) is 0 Å². The number of anilines is 2. The van der Waals surface area contributed by atoms with Crippen molar-refractivity contribution in [1.29, 1.82) is 0 Å². The van der Waals surface area contributed by atoms with Gasteiger partial charge in [0.2, 0.25) is 0 Å². The standard InChI is InChI=1S/C15H26N2O2/c1-4-17(10-11-18)15-8-6-14(7-9-15)16-13(3)12-19-5-2/h6-9,13,16,18H,4-5,10-12H2,1-3H3. The molecule has 0 radical (unpaired) electrons. The summed E-state index contributed by atoms with van der Waals surface area (Å²) in [5.41, 5.74) is 2.23. The van der Waals surface area contributed by atoms with Gasteiger partial charge in [0.25, 0.3) is 0 Å². The van der Waals surface area contributed by atoms with E-state index in [1.165, 1.54) is 0 Å². The summed E-state index contributed by atoms with van der Waals surface area (Å²) in [4.78, 5) is 2.15. The van der Waals surface area contributed by atoms with Crippen LogP contribution >= 0.6 is 0 Å². The van der Waals surface area contributed by atoms with Gasteiger partial charge in [-0.3, -0.25) is 0 Å². The van der Waals surface area contributed by atoms with Crippen LogP contribution < -0.4 is 10.2 Å². The summed E-state index contributed by atoms with van der Waals surface area (Å²) in [6.07, 6.45) is 0. The second kappa shape index (κ2) is 8.77. The number of aliphatic hydroxyl groups excluding tert-OH is 1. The molecular formula is C15H26N2O2. The zero-order valence-electron chi connectivity index (χ0n) is 12.2. The van der Waals surface area contributed by atoms with E-state index in [4.69, 9.17) is 9.84 Å². The number of ether oxygens (including phenoxy) is 1. The number of nitrogens with one attached hydrogen (secondary N) is 1. The number of nitrogens with zero attached hydrogens (tertiary/aromatic N) is 1. The number of aliphatic hydroxyl groups is 1. The first-order chi connectivity index (χ1) is 9.21. The zero-order valence-corrected chi connectivity index (χ0v) is 12.2. The van der Waals surface area contributed by atoms with Crippen LogP contribution in [0.1, 0.15) is 20.8 Å². The van der Waals surface area contributed by atoms with E-state index in [0.717, 1.165) is 24.5 Å². The minimum atomic E-state index is 0.180. The Morgan fingerprint density at radius 3 is 2.47 bits per heavy atom. The Bertz CT molecular complexity index is 341. The Kier molecular flexibility index (Phi) is 7.30. The quantitative estimate of drug-likeness (QED) is 0.720. The molecule has 4 heteroatoms. The Labute approximate surface area is 116 Å². The highest BCUT2D eigenvalue weighted by atomic mass is 16.5. The molecule has 0 aromatic heterocycles. The first-order valence-corrected chi connectivity index (χ1v) is 7.01. The van der Waals surface area contributed by atoms with Gasteiger partial charge in [-0.25, -0.2) is 0 Å². The second-order valence-electron chi connectivity index (χ2n) is 4.56. The number of benzene rings is 1. The van der Waals surface area contributed by atoms with Gasteiger partial charge in [0, 0.05) is 37.1 Å². The molecule has 1 rings (SSSR count). The second-order valence-corrected chi connectivity index (χ2v) is 4.56. The molecule has 0 aliphatic heterocycles. The molecule has 0 saturated heterocycles. The SMILES string of the molecule is CCOCC(C)Nc1ccc(N(CC)CCO)cc1. The summed E-state index contributed by atoms with van der Waals surface area (Å²) >= 11 is 0. The topological polar surface area (TPSA) is 44.7 Å². The average molecular weight is 266 g/mol. The van der Waals surface area contributed by atoms with Gasteiger partial charge < -0.3 is 20.1 Å². The van der Waals surface area contributed by atoms with Crippen LogP contribution in [0.5, 0.6) is 0 Å². The predicted octanol–water partition coefficient (Wildman–Crippen LogP) is 2.34. The maximum atomic E-state index is 9.02. The average Bonchev–Trinajstić information content (AvgIpc) is 2.43. The molecule has 108 valence electrons. The van der Waals surface area contributed by atoms with Crippen molar-refractivity contribution in [2.24, 2.45) is 0 Å². The van der Waals surface area contributed by atoms with Crippen LogP contribution in [-0.4, -0.2) is 44.1 Å². The third-order valence-electron chi connectivity index (χ3n) is 2.97. The van der Waals surface area contributed by atoms with Crippen LogP contribution in [0, 0.1) is 0 Å². The van der Waals surface area contributed by atoms with Crippen LogP contribution in [0.2, 0.25) is 0 Å². The highest BCUT2D eigenvalue weighted by Crippen LogP contribution is 2.18. The summed E-state index contributed by atoms with van der Waals surface area (Å²) in [6.45, 7) is 9.40. The molecule has 1 atom stereocenters. The molecule has 0 amide bonds. The lowest BCUT2D eigenvalue weighted by Gasteiger charge is -2.22. The van der Waals surface area contributed by atoms with Gasteiger partial charge in [-0.05, 0) is 45.0 Å². The van der Waals surface area contributed by atoms with E-state index in [1.54, 1.807) is 0 Å². The molecule has 1 aromatic carbocycles. The number of hydrogen-bond donors (Lipinski definition) is 2. The van der Waals surface area contributed by atoms with Crippen LogP contribution in [0.3, 0.4) is 0 Å². The van der Waals surface area contributed by atoms with Crippen molar-refractivity contribution in [2.75, 3.05) is 43.1 Å². The molecule has 0 aliphatic rings. The molecule has 2 N–H and O–H groups in total. The Morgan fingerprint density at radius 1 is 1.26 bits per heavy atom. The van der Waals surface area contributed by atoms with Crippen molar-refractivity contribution in [3.05, 3.63) is 24.3 Å². The van der Waals surface area contributed by atoms with Gasteiger partial charge in [-0.2, -0.15) is 0 Å². The smallest absolute Gasteiger partial charge is 0.0664 e. The van der Waals surface area contributed by atoms with Crippen molar-refractivity contribution in [3.8, 4) is 0 Å². The van der Waals surface area contributed by atoms with E-state index in [2.05, 4.69) is 48.3 Å². The molecule has 0 fully saturated rings. The summed E-state index contributed by atoms with van der Waals surface area (Å²) < 4.78 is 5.38. The van der Waals surface area contributed by atoms with E-state index in [9.17, 15) is 0 Å². The summed E-state index contributed by atoms with van der Waals surface area (Å²) in [5.74, 6) is 0. The monoisotopic (exact) mass is 266 g/mol. The Hall–Kier alpha value is -1.26. The fourth-order valence-electron chi connectivity index (χ4n) is 1.98. The van der Waals surface area contributed by atoms with Crippen molar-refractivity contribution in [2.45, 2.75) is 26.8 Å². The third kappa shape index (κ3) is 5.49. The fraction of sp³-hybridized carbons (Fsp3) is 0.600. The molecule has 19 heavy (non-hydrogen) atoms. The summed E-state index contributed by atoms with van der Waals surface area (Å²) in [6, 6.07) is 8.59. The molecule has 0 spiro atoms. The van der Waals surface area contributed by atoms with Crippen LogP contribution in [0.4, 0.5) is 11.4 Å². The van der Waals surface area contributed by atoms with E-state index in [-0.39, 0.29) is 6.61 Å². The maximum absolute atomic E-state index is 9.02. The minimum absolute atomic E-state index is 0.180. The fourth-order valence-corrected chi connectivity index (χ4v) is 1.98. The van der Waals surface area contributed by atoms with E-state index < -0.39 is 0 Å². The molecule has 0 saturated carbocycles. The Balaban J connectivity index is 2.55. The molecular weight excluding hydrogens is 240 g/mol. The Morgan fingerprint density at radius 2 is 1.95 bits per heavy atom. The third-order valence-corrected chi connectivity index (χ3v) is 2.97. The number of likely N-dealkylation sites (N-methyl/N-ethyl adjacent to an activating group) is 1. The lowest BCUT2D eigenvalue weighted by molar-refractivity contribution is 0.141. The summed E-state index contributed by atoms with van der Waals surface area (Å²) in [5, 5.41) is 12.4. The highest BCUT2D eigenvalue weighted by Gasteiger charge is 2.05. The number of hydrogen-bond acceptors (Lipinski definition) is 4. The normalized spacial score (nSPS) is 12.2. The lowest BCUT2D eigenvalue weighted by atomic mass is 10.2. The minimum Gasteiger partial charge on any atom is -0.395 e. The van der Waals surface area contributed by atoms with Gasteiger partial charge in [0.1, 0.15) is 0 Å². The van der Waals surface area contributed by atoms with Crippen LogP contribution in [-0.2, 0) is 4.74 Å². The molecule has 1 unspecified atom stereocenters. The number of rotatable bonds is 9.